The normalized spacial score (nSPS) is 14.1. The van der Waals surface area contributed by atoms with Gasteiger partial charge in [-0.05, 0) is 25.2 Å². The fourth-order valence-corrected chi connectivity index (χ4v) is 0.734. The van der Waals surface area contributed by atoms with Crippen LogP contribution in [-0.4, -0.2) is 12.1 Å². The van der Waals surface area contributed by atoms with Gasteiger partial charge in [-0.25, -0.2) is 4.99 Å². The van der Waals surface area contributed by atoms with Crippen LogP contribution in [0.3, 0.4) is 0 Å². The molecule has 0 atom stereocenters. The quantitative estimate of drug-likeness (QED) is 0.289. The summed E-state index contributed by atoms with van der Waals surface area (Å²) >= 11 is 3.91. The minimum absolute atomic E-state index is 0.449. The van der Waals surface area contributed by atoms with Crippen molar-refractivity contribution in [1.29, 1.82) is 0 Å². The number of allylic oxidation sites excluding steroid dienone is 1. The average molecular weight is 240 g/mol. The van der Waals surface area contributed by atoms with Crippen molar-refractivity contribution in [2.24, 2.45) is 16.0 Å². The number of nitrogens with zero attached hydrogens (tertiary/aromatic N) is 2. The lowest BCUT2D eigenvalue weighted by Crippen LogP contribution is -2.07. The summed E-state index contributed by atoms with van der Waals surface area (Å²) in [7, 11) is 0. The molecule has 0 heterocycles. The van der Waals surface area contributed by atoms with Crippen molar-refractivity contribution in [3.63, 3.8) is 0 Å². The van der Waals surface area contributed by atoms with Crippen molar-refractivity contribution in [3.8, 4) is 0 Å². The molecule has 0 fully saturated rings. The van der Waals surface area contributed by atoms with Gasteiger partial charge >= 0.3 is 0 Å². The van der Waals surface area contributed by atoms with Crippen LogP contribution < -0.4 is 10.7 Å². The Morgan fingerprint density at radius 1 is 1.31 bits per heavy atom. The van der Waals surface area contributed by atoms with Crippen LogP contribution >= 0.6 is 12.6 Å². The van der Waals surface area contributed by atoms with E-state index in [2.05, 4.69) is 47.3 Å². The first-order valence-electron chi connectivity index (χ1n) is 5.11. The summed E-state index contributed by atoms with van der Waals surface area (Å²) in [5, 5.41) is 8.48. The largest absolute Gasteiger partial charge is 0.366 e. The molecule has 0 saturated carbocycles. The zero-order valence-electron chi connectivity index (χ0n) is 10.2. The summed E-state index contributed by atoms with van der Waals surface area (Å²) in [6.07, 6.45) is 5.00. The van der Waals surface area contributed by atoms with E-state index < -0.39 is 0 Å². The second-order valence-corrected chi connectivity index (χ2v) is 3.89. The Morgan fingerprint density at radius 3 is 2.56 bits per heavy atom. The van der Waals surface area contributed by atoms with E-state index in [1.807, 2.05) is 13.8 Å². The third kappa shape index (κ3) is 8.11. The molecule has 90 valence electrons. The molecule has 0 rings (SSSR count). The second-order valence-electron chi connectivity index (χ2n) is 3.59. The van der Waals surface area contributed by atoms with Gasteiger partial charge in [0.05, 0.1) is 0 Å². The molecule has 0 aliphatic carbocycles. The molecule has 2 N–H and O–H groups in total. The molecule has 0 bridgehead atoms. The highest BCUT2D eigenvalue weighted by molar-refractivity contribution is 7.83. The maximum absolute atomic E-state index is 4.18. The molecule has 0 aromatic heterocycles. The van der Waals surface area contributed by atoms with Crippen LogP contribution in [0.15, 0.2) is 33.6 Å². The van der Waals surface area contributed by atoms with Crippen molar-refractivity contribution in [1.82, 2.24) is 10.7 Å². The zero-order chi connectivity index (χ0) is 12.4. The lowest BCUT2D eigenvalue weighted by atomic mass is 10.1. The van der Waals surface area contributed by atoms with Crippen molar-refractivity contribution in [3.05, 3.63) is 23.5 Å². The van der Waals surface area contributed by atoms with E-state index in [4.69, 9.17) is 0 Å². The molecular weight excluding hydrogens is 220 g/mol. The van der Waals surface area contributed by atoms with Gasteiger partial charge in [-0.1, -0.05) is 13.8 Å². The number of thiol groups is 1. The molecule has 0 aliphatic heterocycles. The van der Waals surface area contributed by atoms with E-state index in [0.29, 0.717) is 5.92 Å². The van der Waals surface area contributed by atoms with E-state index in [-0.39, 0.29) is 0 Å². The highest BCUT2D eigenvalue weighted by Crippen LogP contribution is 1.94. The van der Waals surface area contributed by atoms with Gasteiger partial charge in [0.2, 0.25) is 0 Å². The molecule has 0 aliphatic rings. The van der Waals surface area contributed by atoms with Crippen LogP contribution in [0.1, 0.15) is 27.7 Å². The highest BCUT2D eigenvalue weighted by atomic mass is 32.1. The van der Waals surface area contributed by atoms with E-state index >= 15 is 0 Å². The number of aliphatic imine (C=N–C) groups is 1. The van der Waals surface area contributed by atoms with Gasteiger partial charge in [-0.3, -0.25) is 5.43 Å². The summed E-state index contributed by atoms with van der Waals surface area (Å²) in [6.45, 7) is 8.08. The number of nitrogens with one attached hydrogen (secondary N) is 2. The standard InChI is InChI=1S/C11H20N4S/c1-9(2)11(4)13-8-14-15-10(3)7-12-5-6-16/h5-9,12,15-16H,1-4H3/b6-5-,10-7+,13-11?,14-8-. The number of hydrogen-bond acceptors (Lipinski definition) is 4. The maximum Gasteiger partial charge on any atom is 0.135 e. The van der Waals surface area contributed by atoms with Gasteiger partial charge in [0.1, 0.15) is 6.34 Å². The molecule has 0 saturated heterocycles. The van der Waals surface area contributed by atoms with Gasteiger partial charge in [-0.2, -0.15) is 5.10 Å². The fraction of sp³-hybridized carbons (Fsp3) is 0.455. The fourth-order valence-electron chi connectivity index (χ4n) is 0.648. The summed E-state index contributed by atoms with van der Waals surface area (Å²) in [6, 6.07) is 0. The Bertz CT molecular complexity index is 303. The van der Waals surface area contributed by atoms with Crippen LogP contribution in [0.2, 0.25) is 0 Å². The third-order valence-corrected chi connectivity index (χ3v) is 2.02. The average Bonchev–Trinajstić information content (AvgIpc) is 2.24. The first kappa shape index (κ1) is 14.8. The minimum Gasteiger partial charge on any atom is -0.366 e. The summed E-state index contributed by atoms with van der Waals surface area (Å²) in [5.41, 5.74) is 4.79. The molecule has 0 aromatic carbocycles. The Balaban J connectivity index is 4.00. The molecule has 0 radical (unpaired) electrons. The van der Waals surface area contributed by atoms with Crippen LogP contribution in [0.25, 0.3) is 0 Å². The molecule has 0 amide bonds. The van der Waals surface area contributed by atoms with Gasteiger partial charge in [-0.15, -0.1) is 12.6 Å². The summed E-state index contributed by atoms with van der Waals surface area (Å²) < 4.78 is 0. The topological polar surface area (TPSA) is 48.8 Å². The van der Waals surface area contributed by atoms with Gasteiger partial charge in [0.15, 0.2) is 0 Å². The Kier molecular flexibility index (Phi) is 8.34. The minimum atomic E-state index is 0.449. The van der Waals surface area contributed by atoms with Gasteiger partial charge in [0.25, 0.3) is 0 Å². The van der Waals surface area contributed by atoms with Crippen molar-refractivity contribution >= 4 is 24.7 Å². The SMILES string of the molecule is CC(=N/C=N\N/C(C)=C/N/C=C\S)C(C)C. The first-order valence-corrected chi connectivity index (χ1v) is 5.63. The Morgan fingerprint density at radius 2 is 2.00 bits per heavy atom. The van der Waals surface area contributed by atoms with Crippen LogP contribution in [0.4, 0.5) is 0 Å². The lowest BCUT2D eigenvalue weighted by Gasteiger charge is -2.01. The number of rotatable bonds is 6. The summed E-state index contributed by atoms with van der Waals surface area (Å²) in [5.74, 6) is 0.449. The Hall–Kier alpha value is -1.23. The number of hydrazone groups is 1. The summed E-state index contributed by atoms with van der Waals surface area (Å²) in [4.78, 5) is 4.18. The highest BCUT2D eigenvalue weighted by Gasteiger charge is 1.94. The van der Waals surface area contributed by atoms with E-state index in [9.17, 15) is 0 Å². The molecular formula is C11H20N4S. The predicted octanol–water partition coefficient (Wildman–Crippen LogP) is 2.49. The van der Waals surface area contributed by atoms with Crippen molar-refractivity contribution < 1.29 is 0 Å². The molecule has 0 aromatic rings. The van der Waals surface area contributed by atoms with E-state index in [1.165, 1.54) is 6.34 Å². The lowest BCUT2D eigenvalue weighted by molar-refractivity contribution is 0.867. The van der Waals surface area contributed by atoms with Crippen molar-refractivity contribution in [2.45, 2.75) is 27.7 Å². The molecule has 5 heteroatoms. The van der Waals surface area contributed by atoms with Gasteiger partial charge < -0.3 is 5.32 Å². The monoisotopic (exact) mass is 240 g/mol. The predicted molar refractivity (Wildman–Crippen MR) is 74.6 cm³/mol. The van der Waals surface area contributed by atoms with Crippen LogP contribution in [-0.2, 0) is 0 Å². The van der Waals surface area contributed by atoms with E-state index in [0.717, 1.165) is 11.4 Å². The molecule has 4 nitrogen and oxygen atoms in total. The molecule has 0 unspecified atom stereocenters. The Labute approximate surface area is 103 Å². The van der Waals surface area contributed by atoms with E-state index in [1.54, 1.807) is 17.8 Å². The van der Waals surface area contributed by atoms with Crippen LogP contribution in [0.5, 0.6) is 0 Å². The zero-order valence-corrected chi connectivity index (χ0v) is 11.1. The second kappa shape index (κ2) is 9.03. The first-order chi connectivity index (χ1) is 7.57. The van der Waals surface area contributed by atoms with Crippen LogP contribution in [0, 0.1) is 5.92 Å². The molecule has 16 heavy (non-hydrogen) atoms. The maximum atomic E-state index is 4.18. The number of hydrogen-bond donors (Lipinski definition) is 3. The molecule has 0 spiro atoms. The third-order valence-electron chi connectivity index (χ3n) is 1.87. The van der Waals surface area contributed by atoms with Crippen molar-refractivity contribution in [2.75, 3.05) is 0 Å². The van der Waals surface area contributed by atoms with Gasteiger partial charge in [0, 0.05) is 23.8 Å². The smallest absolute Gasteiger partial charge is 0.135 e.